The molecule has 5 nitrogen and oxygen atoms in total. The number of hydrogen-bond acceptors (Lipinski definition) is 5. The van der Waals surface area contributed by atoms with Gasteiger partial charge in [-0.05, 0) is 118 Å². The molecule has 2 aromatic rings. The minimum absolute atomic E-state index is 0.193. The first-order valence-electron chi connectivity index (χ1n) is 17.5. The Bertz CT molecular complexity index is 959. The van der Waals surface area contributed by atoms with E-state index < -0.39 is 0 Å². The van der Waals surface area contributed by atoms with Crippen LogP contribution in [0, 0.1) is 5.92 Å². The summed E-state index contributed by atoms with van der Waals surface area (Å²) in [5.74, 6) is 1.83. The largest absolute Gasteiger partial charge is 0.494 e. The Balaban J connectivity index is 0.994. The zero-order valence-corrected chi connectivity index (χ0v) is 27.1. The van der Waals surface area contributed by atoms with Gasteiger partial charge in [-0.2, -0.15) is 0 Å². The molecule has 0 heterocycles. The summed E-state index contributed by atoms with van der Waals surface area (Å²) in [7, 11) is 0. The fraction of sp³-hybridized carbons (Fsp3) is 0.684. The lowest BCUT2D eigenvalue weighted by molar-refractivity contribution is -0.338. The van der Waals surface area contributed by atoms with Crippen molar-refractivity contribution in [2.45, 2.75) is 141 Å². The summed E-state index contributed by atoms with van der Waals surface area (Å²) in [4.78, 5) is 11.3. The first-order chi connectivity index (χ1) is 21.2. The monoisotopic (exact) mass is 594 g/mol. The van der Waals surface area contributed by atoms with Crippen LogP contribution in [0.15, 0.2) is 48.5 Å². The maximum absolute atomic E-state index is 6.04. The number of ether oxygens (including phenoxy) is 3. The molecular weight excluding hydrogens is 536 g/mol. The maximum Gasteiger partial charge on any atom is 0.119 e. The molecule has 2 aliphatic carbocycles. The van der Waals surface area contributed by atoms with Gasteiger partial charge in [0, 0.05) is 13.0 Å². The van der Waals surface area contributed by atoms with Crippen molar-refractivity contribution in [2.75, 3.05) is 19.8 Å². The first kappa shape index (κ1) is 34.0. The Morgan fingerprint density at radius 2 is 1.09 bits per heavy atom. The molecule has 0 aliphatic heterocycles. The quantitative estimate of drug-likeness (QED) is 0.0868. The molecular formula is C38H58O5. The second-order valence-corrected chi connectivity index (χ2v) is 13.0. The normalized spacial score (nSPS) is 22.5. The lowest BCUT2D eigenvalue weighted by atomic mass is 9.89. The molecule has 2 aromatic carbocycles. The summed E-state index contributed by atoms with van der Waals surface area (Å²) in [6.45, 7) is 7.50. The van der Waals surface area contributed by atoms with Crippen LogP contribution >= 0.6 is 0 Å². The van der Waals surface area contributed by atoms with Crippen molar-refractivity contribution in [3.8, 4) is 5.75 Å². The average molecular weight is 595 g/mol. The number of unbranched alkanes of at least 4 members (excludes halogenated alkanes) is 3. The molecule has 4 rings (SSSR count). The van der Waals surface area contributed by atoms with E-state index in [0.717, 1.165) is 82.0 Å². The lowest BCUT2D eigenvalue weighted by Crippen LogP contribution is -2.26. The Labute approximate surface area is 261 Å². The van der Waals surface area contributed by atoms with Gasteiger partial charge in [0.2, 0.25) is 0 Å². The summed E-state index contributed by atoms with van der Waals surface area (Å²) in [5, 5.41) is 0. The van der Waals surface area contributed by atoms with E-state index >= 15 is 0 Å². The van der Waals surface area contributed by atoms with Crippen molar-refractivity contribution >= 4 is 0 Å². The van der Waals surface area contributed by atoms with Crippen LogP contribution in [-0.4, -0.2) is 38.1 Å². The van der Waals surface area contributed by atoms with E-state index in [1.54, 1.807) is 0 Å². The number of hydrogen-bond donors (Lipinski definition) is 0. The molecule has 43 heavy (non-hydrogen) atoms. The predicted octanol–water partition coefficient (Wildman–Crippen LogP) is 9.58. The van der Waals surface area contributed by atoms with E-state index in [1.165, 1.54) is 68.9 Å². The Morgan fingerprint density at radius 3 is 1.72 bits per heavy atom. The summed E-state index contributed by atoms with van der Waals surface area (Å²) in [6, 6.07) is 17.4. The van der Waals surface area contributed by atoms with Gasteiger partial charge in [0.1, 0.15) is 12.4 Å². The first-order valence-corrected chi connectivity index (χ1v) is 17.5. The molecule has 0 saturated heterocycles. The standard InChI is InChI=1S/C38H58O5/c1-3-4-7-27-39-37-23-25-38(26-24-37)43-42-30-34-15-13-32(14-16-34)9-5-6-10-33-17-21-36(22-18-33)41-29-8-28-40-35-19-11-31(2)12-20-35/h13-18,21-22,31,35,37-38H,3-12,19-20,23-30H2,1-2H3. The van der Waals surface area contributed by atoms with Crippen LogP contribution in [0.5, 0.6) is 5.75 Å². The summed E-state index contributed by atoms with van der Waals surface area (Å²) >= 11 is 0. The van der Waals surface area contributed by atoms with Gasteiger partial charge in [0.25, 0.3) is 0 Å². The Kier molecular flexibility index (Phi) is 15.9. The van der Waals surface area contributed by atoms with Crippen LogP contribution in [0.25, 0.3) is 0 Å². The van der Waals surface area contributed by atoms with E-state index in [-0.39, 0.29) is 6.10 Å². The van der Waals surface area contributed by atoms with Gasteiger partial charge in [-0.25, -0.2) is 9.78 Å². The minimum Gasteiger partial charge on any atom is -0.494 e. The number of rotatable bonds is 20. The third-order valence-corrected chi connectivity index (χ3v) is 9.15. The highest BCUT2D eigenvalue weighted by atomic mass is 17.2. The molecule has 0 unspecified atom stereocenters. The van der Waals surface area contributed by atoms with Crippen LogP contribution in [-0.2, 0) is 38.7 Å². The fourth-order valence-corrected chi connectivity index (χ4v) is 6.20. The van der Waals surface area contributed by atoms with Crippen molar-refractivity contribution in [1.82, 2.24) is 0 Å². The average Bonchev–Trinajstić information content (AvgIpc) is 3.04. The molecule has 0 atom stereocenters. The zero-order valence-electron chi connectivity index (χ0n) is 27.1. The van der Waals surface area contributed by atoms with Gasteiger partial charge in [-0.1, -0.05) is 63.1 Å². The maximum atomic E-state index is 6.04. The van der Waals surface area contributed by atoms with Gasteiger partial charge < -0.3 is 14.2 Å². The van der Waals surface area contributed by atoms with Crippen molar-refractivity contribution in [3.63, 3.8) is 0 Å². The predicted molar refractivity (Wildman–Crippen MR) is 174 cm³/mol. The van der Waals surface area contributed by atoms with E-state index in [0.29, 0.717) is 18.8 Å². The summed E-state index contributed by atoms with van der Waals surface area (Å²) < 4.78 is 18.0. The van der Waals surface area contributed by atoms with Crippen LogP contribution in [0.2, 0.25) is 0 Å². The third kappa shape index (κ3) is 13.7. The van der Waals surface area contributed by atoms with E-state index in [1.807, 2.05) is 0 Å². The van der Waals surface area contributed by atoms with Crippen molar-refractivity contribution in [3.05, 3.63) is 65.2 Å². The topological polar surface area (TPSA) is 46.2 Å². The molecule has 0 spiro atoms. The van der Waals surface area contributed by atoms with Crippen molar-refractivity contribution in [1.29, 1.82) is 0 Å². The number of aryl methyl sites for hydroxylation is 2. The van der Waals surface area contributed by atoms with Gasteiger partial charge in [0.15, 0.2) is 0 Å². The highest BCUT2D eigenvalue weighted by Gasteiger charge is 2.23. The van der Waals surface area contributed by atoms with Gasteiger partial charge in [-0.15, -0.1) is 0 Å². The molecule has 0 amide bonds. The molecule has 0 bridgehead atoms. The lowest BCUT2D eigenvalue weighted by Gasteiger charge is -2.27. The summed E-state index contributed by atoms with van der Waals surface area (Å²) in [6.07, 6.45) is 19.5. The SMILES string of the molecule is CCCCCOC1CCC(OOCc2ccc(CCCCc3ccc(OCCCOC4CCC(C)CC4)cc3)cc2)CC1. The molecule has 0 aromatic heterocycles. The van der Waals surface area contributed by atoms with Crippen LogP contribution in [0.3, 0.4) is 0 Å². The molecule has 240 valence electrons. The highest BCUT2D eigenvalue weighted by molar-refractivity contribution is 5.27. The van der Waals surface area contributed by atoms with E-state index in [4.69, 9.17) is 24.0 Å². The van der Waals surface area contributed by atoms with Crippen molar-refractivity contribution in [2.24, 2.45) is 5.92 Å². The Morgan fingerprint density at radius 1 is 0.558 bits per heavy atom. The molecule has 0 N–H and O–H groups in total. The summed E-state index contributed by atoms with van der Waals surface area (Å²) in [5.41, 5.74) is 3.92. The van der Waals surface area contributed by atoms with Crippen molar-refractivity contribution < 1.29 is 24.0 Å². The van der Waals surface area contributed by atoms with E-state index in [2.05, 4.69) is 62.4 Å². The van der Waals surface area contributed by atoms with Crippen LogP contribution in [0.1, 0.15) is 120 Å². The second kappa shape index (κ2) is 20.2. The van der Waals surface area contributed by atoms with Gasteiger partial charge in [-0.3, -0.25) is 0 Å². The smallest absolute Gasteiger partial charge is 0.119 e. The third-order valence-electron chi connectivity index (χ3n) is 9.15. The van der Waals surface area contributed by atoms with Crippen LogP contribution in [0.4, 0.5) is 0 Å². The Hall–Kier alpha value is -1.92. The fourth-order valence-electron chi connectivity index (χ4n) is 6.20. The van der Waals surface area contributed by atoms with Crippen LogP contribution < -0.4 is 4.74 Å². The van der Waals surface area contributed by atoms with Gasteiger partial charge in [0.05, 0.1) is 31.5 Å². The molecule has 5 heteroatoms. The number of benzene rings is 2. The molecule has 2 saturated carbocycles. The molecule has 2 aliphatic rings. The molecule has 0 radical (unpaired) electrons. The zero-order chi connectivity index (χ0) is 30.0. The highest BCUT2D eigenvalue weighted by Crippen LogP contribution is 2.26. The minimum atomic E-state index is 0.193. The van der Waals surface area contributed by atoms with Gasteiger partial charge >= 0.3 is 0 Å². The molecule has 2 fully saturated rings. The second-order valence-electron chi connectivity index (χ2n) is 13.0. The van der Waals surface area contributed by atoms with E-state index in [9.17, 15) is 0 Å².